The SMILES string of the molecule is CN(C)CC1CCn2ncc(C(=O)NCCc3ccc[nH]3)c2C1. The van der Waals surface area contributed by atoms with Crippen molar-refractivity contribution in [2.75, 3.05) is 27.2 Å². The van der Waals surface area contributed by atoms with Crippen molar-refractivity contribution in [3.8, 4) is 0 Å². The fraction of sp³-hybridized carbons (Fsp3) is 0.529. The summed E-state index contributed by atoms with van der Waals surface area (Å²) in [7, 11) is 4.19. The highest BCUT2D eigenvalue weighted by molar-refractivity contribution is 5.95. The third kappa shape index (κ3) is 3.82. The normalized spacial score (nSPS) is 17.3. The van der Waals surface area contributed by atoms with Crippen LogP contribution in [0.1, 0.15) is 28.2 Å². The Morgan fingerprint density at radius 3 is 3.13 bits per heavy atom. The molecule has 0 radical (unpaired) electrons. The first-order chi connectivity index (χ1) is 11.1. The second-order valence-electron chi connectivity index (χ2n) is 6.55. The molecule has 0 aromatic carbocycles. The fourth-order valence-corrected chi connectivity index (χ4v) is 3.29. The smallest absolute Gasteiger partial charge is 0.254 e. The van der Waals surface area contributed by atoms with Crippen molar-refractivity contribution in [1.29, 1.82) is 0 Å². The average molecular weight is 315 g/mol. The third-order valence-electron chi connectivity index (χ3n) is 4.39. The van der Waals surface area contributed by atoms with Gasteiger partial charge in [-0.1, -0.05) is 0 Å². The second-order valence-corrected chi connectivity index (χ2v) is 6.55. The van der Waals surface area contributed by atoms with Crippen LogP contribution in [0.15, 0.2) is 24.5 Å². The molecule has 124 valence electrons. The molecule has 1 atom stereocenters. The number of aromatic amines is 1. The molecule has 1 amide bonds. The topological polar surface area (TPSA) is 66.0 Å². The number of aromatic nitrogens is 3. The van der Waals surface area contributed by atoms with Crippen LogP contribution in [-0.4, -0.2) is 52.8 Å². The van der Waals surface area contributed by atoms with Crippen LogP contribution in [0, 0.1) is 5.92 Å². The lowest BCUT2D eigenvalue weighted by Crippen LogP contribution is -2.31. The Morgan fingerprint density at radius 1 is 1.52 bits per heavy atom. The molecular weight excluding hydrogens is 290 g/mol. The molecule has 1 aliphatic rings. The standard InChI is InChI=1S/C17H25N5O/c1-21(2)12-13-6-9-22-16(10-13)15(11-20-22)17(23)19-8-5-14-4-3-7-18-14/h3-4,7,11,13,18H,5-6,8-10,12H2,1-2H3,(H,19,23). The maximum atomic E-state index is 12.5. The van der Waals surface area contributed by atoms with Crippen molar-refractivity contribution in [2.45, 2.75) is 25.8 Å². The van der Waals surface area contributed by atoms with Crippen LogP contribution in [0.3, 0.4) is 0 Å². The summed E-state index contributed by atoms with van der Waals surface area (Å²) in [4.78, 5) is 17.8. The van der Waals surface area contributed by atoms with Crippen molar-refractivity contribution in [2.24, 2.45) is 5.92 Å². The number of nitrogens with one attached hydrogen (secondary N) is 2. The highest BCUT2D eigenvalue weighted by atomic mass is 16.1. The summed E-state index contributed by atoms with van der Waals surface area (Å²) in [5, 5.41) is 7.39. The van der Waals surface area contributed by atoms with Gasteiger partial charge < -0.3 is 15.2 Å². The van der Waals surface area contributed by atoms with Gasteiger partial charge in [0, 0.05) is 37.9 Å². The maximum Gasteiger partial charge on any atom is 0.254 e. The van der Waals surface area contributed by atoms with E-state index in [-0.39, 0.29) is 5.91 Å². The van der Waals surface area contributed by atoms with E-state index in [2.05, 4.69) is 34.4 Å². The molecule has 3 heterocycles. The lowest BCUT2D eigenvalue weighted by atomic mass is 9.94. The van der Waals surface area contributed by atoms with Gasteiger partial charge in [-0.25, -0.2) is 0 Å². The first-order valence-corrected chi connectivity index (χ1v) is 8.23. The Bertz CT molecular complexity index is 644. The zero-order valence-electron chi connectivity index (χ0n) is 13.9. The lowest BCUT2D eigenvalue weighted by molar-refractivity contribution is 0.0952. The summed E-state index contributed by atoms with van der Waals surface area (Å²) < 4.78 is 1.99. The Balaban J connectivity index is 1.60. The zero-order chi connectivity index (χ0) is 16.2. The average Bonchev–Trinajstić information content (AvgIpc) is 3.15. The van der Waals surface area contributed by atoms with Crippen LogP contribution in [-0.2, 0) is 19.4 Å². The quantitative estimate of drug-likeness (QED) is 0.844. The van der Waals surface area contributed by atoms with Gasteiger partial charge in [0.25, 0.3) is 5.91 Å². The number of fused-ring (bicyclic) bond motifs is 1. The predicted octanol–water partition coefficient (Wildman–Crippen LogP) is 1.31. The lowest BCUT2D eigenvalue weighted by Gasteiger charge is -2.26. The molecule has 0 saturated heterocycles. The molecule has 23 heavy (non-hydrogen) atoms. The molecule has 0 fully saturated rings. The minimum atomic E-state index is -0.0108. The van der Waals surface area contributed by atoms with E-state index in [1.807, 2.05) is 23.0 Å². The van der Waals surface area contributed by atoms with E-state index in [0.29, 0.717) is 12.5 Å². The second kappa shape index (κ2) is 7.00. The predicted molar refractivity (Wildman–Crippen MR) is 89.4 cm³/mol. The minimum Gasteiger partial charge on any atom is -0.365 e. The number of hydrogen-bond donors (Lipinski definition) is 2. The molecule has 0 saturated carbocycles. The van der Waals surface area contributed by atoms with E-state index in [4.69, 9.17) is 0 Å². The van der Waals surface area contributed by atoms with Gasteiger partial charge in [0.1, 0.15) is 0 Å². The van der Waals surface area contributed by atoms with Crippen LogP contribution in [0.2, 0.25) is 0 Å². The Labute approximate surface area is 136 Å². The molecule has 2 aromatic heterocycles. The van der Waals surface area contributed by atoms with Crippen molar-refractivity contribution < 1.29 is 4.79 Å². The van der Waals surface area contributed by atoms with Crippen LogP contribution in [0.25, 0.3) is 0 Å². The fourth-order valence-electron chi connectivity index (χ4n) is 3.29. The van der Waals surface area contributed by atoms with Crippen LogP contribution < -0.4 is 5.32 Å². The zero-order valence-corrected chi connectivity index (χ0v) is 13.9. The molecule has 1 unspecified atom stereocenters. The first-order valence-electron chi connectivity index (χ1n) is 8.23. The summed E-state index contributed by atoms with van der Waals surface area (Å²) in [6.07, 6.45) is 6.48. The van der Waals surface area contributed by atoms with Gasteiger partial charge >= 0.3 is 0 Å². The van der Waals surface area contributed by atoms with Crippen LogP contribution >= 0.6 is 0 Å². The Kier molecular flexibility index (Phi) is 4.81. The number of H-pyrrole nitrogens is 1. The van der Waals surface area contributed by atoms with Crippen LogP contribution in [0.5, 0.6) is 0 Å². The maximum absolute atomic E-state index is 12.5. The minimum absolute atomic E-state index is 0.0108. The van der Waals surface area contributed by atoms with Gasteiger partial charge in [-0.3, -0.25) is 9.48 Å². The third-order valence-corrected chi connectivity index (χ3v) is 4.39. The first kappa shape index (κ1) is 15.8. The van der Waals surface area contributed by atoms with E-state index in [1.165, 1.54) is 0 Å². The summed E-state index contributed by atoms with van der Waals surface area (Å²) in [6.45, 7) is 2.59. The Morgan fingerprint density at radius 2 is 2.39 bits per heavy atom. The summed E-state index contributed by atoms with van der Waals surface area (Å²) in [6, 6.07) is 4.00. The molecule has 0 bridgehead atoms. The van der Waals surface area contributed by atoms with Crippen molar-refractivity contribution >= 4 is 5.91 Å². The van der Waals surface area contributed by atoms with E-state index in [1.54, 1.807) is 6.20 Å². The van der Waals surface area contributed by atoms with Gasteiger partial charge in [0.15, 0.2) is 0 Å². The van der Waals surface area contributed by atoms with Gasteiger partial charge in [-0.2, -0.15) is 5.10 Å². The van der Waals surface area contributed by atoms with E-state index in [0.717, 1.165) is 49.3 Å². The number of amides is 1. The van der Waals surface area contributed by atoms with E-state index < -0.39 is 0 Å². The molecule has 0 aliphatic carbocycles. The number of nitrogens with zero attached hydrogens (tertiary/aromatic N) is 3. The highest BCUT2D eigenvalue weighted by Crippen LogP contribution is 2.23. The number of carbonyl (C=O) groups excluding carboxylic acids is 1. The van der Waals surface area contributed by atoms with Gasteiger partial charge in [-0.15, -0.1) is 0 Å². The van der Waals surface area contributed by atoms with Gasteiger partial charge in [0.05, 0.1) is 17.5 Å². The summed E-state index contributed by atoms with van der Waals surface area (Å²) in [5.74, 6) is 0.586. The molecular formula is C17H25N5O. The summed E-state index contributed by atoms with van der Waals surface area (Å²) in [5.41, 5.74) is 2.95. The monoisotopic (exact) mass is 315 g/mol. The Hall–Kier alpha value is -2.08. The number of hydrogen-bond acceptors (Lipinski definition) is 3. The largest absolute Gasteiger partial charge is 0.365 e. The molecule has 0 spiro atoms. The van der Waals surface area contributed by atoms with Crippen molar-refractivity contribution in [3.05, 3.63) is 41.5 Å². The van der Waals surface area contributed by atoms with Crippen molar-refractivity contribution in [3.63, 3.8) is 0 Å². The number of aryl methyl sites for hydroxylation is 1. The molecule has 1 aliphatic heterocycles. The molecule has 2 N–H and O–H groups in total. The molecule has 6 nitrogen and oxygen atoms in total. The molecule has 3 rings (SSSR count). The van der Waals surface area contributed by atoms with Gasteiger partial charge in [0.2, 0.25) is 0 Å². The van der Waals surface area contributed by atoms with Crippen LogP contribution in [0.4, 0.5) is 0 Å². The van der Waals surface area contributed by atoms with Crippen molar-refractivity contribution in [1.82, 2.24) is 25.0 Å². The highest BCUT2D eigenvalue weighted by Gasteiger charge is 2.25. The van der Waals surface area contributed by atoms with Gasteiger partial charge in [-0.05, 0) is 45.0 Å². The summed E-state index contributed by atoms with van der Waals surface area (Å²) >= 11 is 0. The molecule has 2 aromatic rings. The molecule has 6 heteroatoms. The van der Waals surface area contributed by atoms with E-state index in [9.17, 15) is 4.79 Å². The number of rotatable bonds is 6. The number of carbonyl (C=O) groups is 1. The van der Waals surface area contributed by atoms with E-state index >= 15 is 0 Å².